The van der Waals surface area contributed by atoms with E-state index in [2.05, 4.69) is 38.9 Å². The van der Waals surface area contributed by atoms with Gasteiger partial charge < -0.3 is 9.47 Å². The summed E-state index contributed by atoms with van der Waals surface area (Å²) < 4.78 is 20.3. The van der Waals surface area contributed by atoms with Crippen molar-refractivity contribution in [2.45, 2.75) is 43.9 Å². The lowest BCUT2D eigenvalue weighted by atomic mass is 9.83. The largest absolute Gasteiger partial charge is 0.381 e. The van der Waals surface area contributed by atoms with Gasteiger partial charge in [0.2, 0.25) is 0 Å². The molecule has 0 amide bonds. The third kappa shape index (κ3) is 3.26. The second-order valence-corrected chi connectivity index (χ2v) is 7.32. The van der Waals surface area contributed by atoms with Crippen molar-refractivity contribution in [3.8, 4) is 0 Å². The van der Waals surface area contributed by atoms with E-state index in [0.717, 1.165) is 63.1 Å². The van der Waals surface area contributed by atoms with E-state index in [-0.39, 0.29) is 5.60 Å². The van der Waals surface area contributed by atoms with Gasteiger partial charge >= 0.3 is 0 Å². The number of aromatic nitrogens is 2. The van der Waals surface area contributed by atoms with Gasteiger partial charge in [0, 0.05) is 32.4 Å². The van der Waals surface area contributed by atoms with Gasteiger partial charge in [-0.15, -0.1) is 0 Å². The normalized spacial score (nSPS) is 24.5. The summed E-state index contributed by atoms with van der Waals surface area (Å²) in [7, 11) is 2.23. The molecule has 2 fully saturated rings. The molecule has 1 atom stereocenters. The van der Waals surface area contributed by atoms with Crippen LogP contribution in [-0.4, -0.2) is 52.2 Å². The van der Waals surface area contributed by atoms with E-state index in [4.69, 9.17) is 9.47 Å². The van der Waals surface area contributed by atoms with Crippen LogP contribution in [-0.2, 0) is 16.0 Å². The fourth-order valence-corrected chi connectivity index (χ4v) is 4.33. The van der Waals surface area contributed by atoms with Crippen molar-refractivity contribution in [1.82, 2.24) is 13.6 Å². The Morgan fingerprint density at radius 3 is 2.91 bits per heavy atom. The second kappa shape index (κ2) is 6.43. The van der Waals surface area contributed by atoms with Crippen molar-refractivity contribution >= 4 is 22.8 Å². The van der Waals surface area contributed by atoms with Gasteiger partial charge in [-0.25, -0.2) is 0 Å². The highest BCUT2D eigenvalue weighted by Gasteiger charge is 2.40. The van der Waals surface area contributed by atoms with Crippen molar-refractivity contribution < 1.29 is 9.47 Å². The monoisotopic (exact) mass is 333 g/mol. The predicted octanol–water partition coefficient (Wildman–Crippen LogP) is 2.85. The highest BCUT2D eigenvalue weighted by atomic mass is 32.1. The summed E-state index contributed by atoms with van der Waals surface area (Å²) in [6.07, 6.45) is 4.30. The number of rotatable bonds is 3. The SMILES string of the molecule is CN(Cc1ccc2nsnc2c1)[C@@H]1CCOC2(CCOCC2)C1. The van der Waals surface area contributed by atoms with Crippen molar-refractivity contribution in [3.05, 3.63) is 23.8 Å². The highest BCUT2D eigenvalue weighted by molar-refractivity contribution is 7.00. The summed E-state index contributed by atoms with van der Waals surface area (Å²) in [5, 5.41) is 0. The molecule has 0 unspecified atom stereocenters. The molecular formula is C17H23N3O2S. The molecule has 5 nitrogen and oxygen atoms in total. The Morgan fingerprint density at radius 1 is 1.22 bits per heavy atom. The van der Waals surface area contributed by atoms with Gasteiger partial charge in [0.25, 0.3) is 0 Å². The van der Waals surface area contributed by atoms with E-state index in [1.54, 1.807) is 0 Å². The van der Waals surface area contributed by atoms with Crippen LogP contribution in [0.5, 0.6) is 0 Å². The van der Waals surface area contributed by atoms with Crippen LogP contribution in [0.15, 0.2) is 18.2 Å². The lowest BCUT2D eigenvalue weighted by Crippen LogP contribution is -2.50. The van der Waals surface area contributed by atoms with E-state index < -0.39 is 0 Å². The van der Waals surface area contributed by atoms with Gasteiger partial charge in [-0.3, -0.25) is 4.90 Å². The van der Waals surface area contributed by atoms with Crippen LogP contribution in [0.2, 0.25) is 0 Å². The fourth-order valence-electron chi connectivity index (χ4n) is 3.81. The molecule has 0 bridgehead atoms. The zero-order valence-corrected chi connectivity index (χ0v) is 14.3. The number of hydrogen-bond donors (Lipinski definition) is 0. The molecule has 4 rings (SSSR count). The maximum Gasteiger partial charge on any atom is 0.105 e. The average Bonchev–Trinajstić information content (AvgIpc) is 3.03. The molecule has 0 aliphatic carbocycles. The Morgan fingerprint density at radius 2 is 2.04 bits per heavy atom. The molecule has 124 valence electrons. The van der Waals surface area contributed by atoms with Gasteiger partial charge in [-0.05, 0) is 50.4 Å². The quantitative estimate of drug-likeness (QED) is 0.864. The molecule has 23 heavy (non-hydrogen) atoms. The summed E-state index contributed by atoms with van der Waals surface area (Å²) in [4.78, 5) is 2.47. The number of nitrogens with zero attached hydrogens (tertiary/aromatic N) is 3. The van der Waals surface area contributed by atoms with Crippen LogP contribution >= 0.6 is 11.7 Å². The first kappa shape index (κ1) is 15.4. The zero-order valence-electron chi connectivity index (χ0n) is 13.5. The third-order valence-corrected chi connectivity index (χ3v) is 5.80. The summed E-state index contributed by atoms with van der Waals surface area (Å²) in [6, 6.07) is 6.99. The van der Waals surface area contributed by atoms with Crippen LogP contribution in [0, 0.1) is 0 Å². The molecule has 1 aromatic heterocycles. The molecule has 0 N–H and O–H groups in total. The first-order valence-corrected chi connectivity index (χ1v) is 9.10. The summed E-state index contributed by atoms with van der Waals surface area (Å²) in [6.45, 7) is 3.49. The molecule has 1 aromatic carbocycles. The minimum Gasteiger partial charge on any atom is -0.381 e. The van der Waals surface area contributed by atoms with Gasteiger partial charge in [-0.2, -0.15) is 8.75 Å². The number of benzene rings is 1. The smallest absolute Gasteiger partial charge is 0.105 e. The molecule has 0 saturated carbocycles. The Hall–Kier alpha value is -1.08. The van der Waals surface area contributed by atoms with Crippen LogP contribution in [0.3, 0.4) is 0 Å². The second-order valence-electron chi connectivity index (χ2n) is 6.79. The lowest BCUT2D eigenvalue weighted by Gasteiger charge is -2.45. The van der Waals surface area contributed by atoms with Crippen molar-refractivity contribution in [3.63, 3.8) is 0 Å². The molecule has 1 spiro atoms. The fraction of sp³-hybridized carbons (Fsp3) is 0.647. The molecular weight excluding hydrogens is 310 g/mol. The number of fused-ring (bicyclic) bond motifs is 1. The van der Waals surface area contributed by atoms with Gasteiger partial charge in [0.1, 0.15) is 11.0 Å². The van der Waals surface area contributed by atoms with Crippen molar-refractivity contribution in [2.75, 3.05) is 26.9 Å². The Balaban J connectivity index is 1.44. The average molecular weight is 333 g/mol. The van der Waals surface area contributed by atoms with Crippen LogP contribution in [0.25, 0.3) is 11.0 Å². The molecule has 2 saturated heterocycles. The molecule has 2 aromatic rings. The Kier molecular flexibility index (Phi) is 4.32. The number of hydrogen-bond acceptors (Lipinski definition) is 6. The standard InChI is InChI=1S/C17H23N3O2S/c1-20(12-13-2-3-15-16(10-13)19-23-18-15)14-4-7-22-17(11-14)5-8-21-9-6-17/h2-3,10,14H,4-9,11-12H2,1H3/t14-/m1/s1. The van der Waals surface area contributed by atoms with Crippen LogP contribution in [0.4, 0.5) is 0 Å². The maximum absolute atomic E-state index is 6.16. The van der Waals surface area contributed by atoms with E-state index in [1.807, 2.05) is 0 Å². The van der Waals surface area contributed by atoms with Crippen LogP contribution < -0.4 is 0 Å². The van der Waals surface area contributed by atoms with E-state index in [0.29, 0.717) is 6.04 Å². The maximum atomic E-state index is 6.16. The Bertz CT molecular complexity index is 663. The lowest BCUT2D eigenvalue weighted by molar-refractivity contribution is -0.150. The summed E-state index contributed by atoms with van der Waals surface area (Å²) >= 11 is 1.28. The minimum atomic E-state index is 0.0538. The van der Waals surface area contributed by atoms with E-state index in [1.165, 1.54) is 17.3 Å². The van der Waals surface area contributed by atoms with Gasteiger partial charge in [0.05, 0.1) is 17.3 Å². The molecule has 3 heterocycles. The molecule has 0 radical (unpaired) electrons. The third-order valence-electron chi connectivity index (χ3n) is 5.24. The summed E-state index contributed by atoms with van der Waals surface area (Å²) in [5.41, 5.74) is 3.36. The first-order valence-electron chi connectivity index (χ1n) is 8.37. The number of ether oxygens (including phenoxy) is 2. The Labute approximate surface area is 140 Å². The van der Waals surface area contributed by atoms with Gasteiger partial charge in [-0.1, -0.05) is 6.07 Å². The first-order chi connectivity index (χ1) is 11.2. The topological polar surface area (TPSA) is 47.5 Å². The predicted molar refractivity (Wildman–Crippen MR) is 90.6 cm³/mol. The van der Waals surface area contributed by atoms with Gasteiger partial charge in [0.15, 0.2) is 0 Å². The van der Waals surface area contributed by atoms with E-state index >= 15 is 0 Å². The molecule has 6 heteroatoms. The van der Waals surface area contributed by atoms with Crippen LogP contribution in [0.1, 0.15) is 31.2 Å². The molecule has 2 aliphatic rings. The van der Waals surface area contributed by atoms with E-state index in [9.17, 15) is 0 Å². The van der Waals surface area contributed by atoms with Crippen molar-refractivity contribution in [1.29, 1.82) is 0 Å². The zero-order chi connectivity index (χ0) is 15.7. The highest BCUT2D eigenvalue weighted by Crippen LogP contribution is 2.36. The summed E-state index contributed by atoms with van der Waals surface area (Å²) in [5.74, 6) is 0. The minimum absolute atomic E-state index is 0.0538. The van der Waals surface area contributed by atoms with Crippen molar-refractivity contribution in [2.24, 2.45) is 0 Å². The molecule has 2 aliphatic heterocycles.